The molecule has 3 rings (SSSR count). The lowest BCUT2D eigenvalue weighted by Gasteiger charge is -2.31. The van der Waals surface area contributed by atoms with Gasteiger partial charge in [-0.15, -0.1) is 0 Å². The molecule has 2 aromatic heterocycles. The minimum absolute atomic E-state index is 0.0616. The van der Waals surface area contributed by atoms with Crippen LogP contribution in [0, 0.1) is 0 Å². The van der Waals surface area contributed by atoms with Crippen LogP contribution in [0.5, 0.6) is 0 Å². The number of H-pyrrole nitrogens is 1. The summed E-state index contributed by atoms with van der Waals surface area (Å²) in [6.07, 6.45) is -0.254. The number of alkyl halides is 3. The van der Waals surface area contributed by atoms with E-state index in [1.807, 2.05) is 4.90 Å². The molecule has 126 valence electrons. The molecule has 24 heavy (non-hydrogen) atoms. The molecule has 0 radical (unpaired) electrons. The van der Waals surface area contributed by atoms with Gasteiger partial charge < -0.3 is 4.90 Å². The molecular weight excluding hydrogens is 321 g/mol. The number of rotatable bonds is 2. The quantitative estimate of drug-likeness (QED) is 0.841. The van der Waals surface area contributed by atoms with Crippen LogP contribution in [0.1, 0.15) is 15.9 Å². The van der Waals surface area contributed by atoms with Gasteiger partial charge in [0.1, 0.15) is 19.3 Å². The summed E-state index contributed by atoms with van der Waals surface area (Å²) < 4.78 is 37.7. The maximum absolute atomic E-state index is 12.6. The Morgan fingerprint density at radius 3 is 2.25 bits per heavy atom. The van der Waals surface area contributed by atoms with Gasteiger partial charge in [0, 0.05) is 24.0 Å². The first-order valence-electron chi connectivity index (χ1n) is 7.48. The van der Waals surface area contributed by atoms with Crippen LogP contribution in [0.4, 0.5) is 19.0 Å². The number of pyridine rings is 2. The molecule has 0 unspecified atom stereocenters. The van der Waals surface area contributed by atoms with Crippen LogP contribution >= 0.6 is 0 Å². The van der Waals surface area contributed by atoms with Crippen LogP contribution < -0.4 is 9.88 Å². The lowest BCUT2D eigenvalue weighted by molar-refractivity contribution is -0.367. The minimum Gasteiger partial charge on any atom is -0.331 e. The Morgan fingerprint density at radius 1 is 1.04 bits per heavy atom. The van der Waals surface area contributed by atoms with Crippen molar-refractivity contribution in [3.05, 3.63) is 54.0 Å². The van der Waals surface area contributed by atoms with Crippen LogP contribution in [0.25, 0.3) is 0 Å². The highest BCUT2D eigenvalue weighted by molar-refractivity contribution is 5.94. The van der Waals surface area contributed by atoms with Crippen LogP contribution in [0.2, 0.25) is 0 Å². The van der Waals surface area contributed by atoms with E-state index in [9.17, 15) is 18.0 Å². The Kier molecular flexibility index (Phi) is 4.37. The number of hydrogen-bond acceptors (Lipinski definition) is 3. The average Bonchev–Trinajstić information content (AvgIpc) is 2.61. The van der Waals surface area contributed by atoms with Gasteiger partial charge in [-0.1, -0.05) is 0 Å². The van der Waals surface area contributed by atoms with Crippen molar-refractivity contribution in [3.63, 3.8) is 0 Å². The third-order valence-corrected chi connectivity index (χ3v) is 3.96. The van der Waals surface area contributed by atoms with Crippen LogP contribution in [0.3, 0.4) is 0 Å². The predicted molar refractivity (Wildman–Crippen MR) is 80.4 cm³/mol. The maximum Gasteiger partial charge on any atom is 0.419 e. The number of carbonyl (C=O) groups is 1. The molecule has 1 aliphatic heterocycles. The van der Waals surface area contributed by atoms with Gasteiger partial charge in [-0.2, -0.15) is 13.2 Å². The predicted octanol–water partition coefficient (Wildman–Crippen LogP) is 1.88. The zero-order valence-corrected chi connectivity index (χ0v) is 12.8. The van der Waals surface area contributed by atoms with E-state index in [1.54, 1.807) is 29.4 Å². The van der Waals surface area contributed by atoms with Crippen LogP contribution in [-0.4, -0.2) is 42.0 Å². The van der Waals surface area contributed by atoms with Gasteiger partial charge in [0.25, 0.3) is 11.7 Å². The van der Waals surface area contributed by atoms with E-state index in [2.05, 4.69) is 9.97 Å². The summed E-state index contributed by atoms with van der Waals surface area (Å²) in [4.78, 5) is 22.6. The fourth-order valence-corrected chi connectivity index (χ4v) is 2.62. The van der Waals surface area contributed by atoms with Crippen molar-refractivity contribution in [3.8, 4) is 0 Å². The number of halogens is 3. The lowest BCUT2D eigenvalue weighted by Crippen LogP contribution is -2.50. The molecule has 5 nitrogen and oxygen atoms in total. The second-order valence-corrected chi connectivity index (χ2v) is 5.48. The number of aromatic amines is 1. The molecule has 8 heteroatoms. The molecule has 1 saturated heterocycles. The number of anilines is 1. The Bertz CT molecular complexity index is 696. The molecule has 1 N–H and O–H groups in total. The molecule has 1 aliphatic rings. The Morgan fingerprint density at radius 2 is 1.71 bits per heavy atom. The second kappa shape index (κ2) is 6.46. The number of hydrogen-bond donors (Lipinski definition) is 0. The van der Waals surface area contributed by atoms with Crippen molar-refractivity contribution in [2.45, 2.75) is 6.18 Å². The largest absolute Gasteiger partial charge is 0.419 e. The molecular formula is C16H16F3N4O+. The molecule has 0 bridgehead atoms. The standard InChI is InChI=1S/C16H15F3N4O/c17-16(18,19)13-1-2-14(21-11-13)22-7-9-23(10-8-22)15(24)12-3-5-20-6-4-12/h1-6,11H,7-10H2/p+1. The zero-order chi connectivity index (χ0) is 17.2. The monoisotopic (exact) mass is 337 g/mol. The highest BCUT2D eigenvalue weighted by atomic mass is 19.4. The molecule has 0 atom stereocenters. The Hall–Kier alpha value is -2.64. The van der Waals surface area contributed by atoms with E-state index in [1.165, 1.54) is 6.07 Å². The molecule has 1 fully saturated rings. The highest BCUT2D eigenvalue weighted by Crippen LogP contribution is 2.28. The second-order valence-electron chi connectivity index (χ2n) is 5.48. The maximum atomic E-state index is 12.6. The molecule has 2 aromatic rings. The van der Waals surface area contributed by atoms with Gasteiger partial charge in [-0.05, 0) is 18.2 Å². The van der Waals surface area contributed by atoms with E-state index in [-0.39, 0.29) is 5.91 Å². The van der Waals surface area contributed by atoms with Gasteiger partial charge in [0.15, 0.2) is 0 Å². The van der Waals surface area contributed by atoms with E-state index in [0.717, 1.165) is 12.3 Å². The van der Waals surface area contributed by atoms with Gasteiger partial charge in [0.05, 0.1) is 18.7 Å². The van der Waals surface area contributed by atoms with Gasteiger partial charge in [0.2, 0.25) is 0 Å². The highest BCUT2D eigenvalue weighted by Gasteiger charge is 2.33. The number of nitrogens with one attached hydrogen (secondary N) is 1. The summed E-state index contributed by atoms with van der Waals surface area (Å²) in [7, 11) is 0. The number of piperazine rings is 1. The SMILES string of the molecule is O=C(c1ccncc1)N1CCN(c2ccc(C(F)(F)F)c[nH+]2)CC1. The van der Waals surface area contributed by atoms with Crippen molar-refractivity contribution in [2.75, 3.05) is 31.1 Å². The Balaban J connectivity index is 1.62. The molecule has 0 aromatic carbocycles. The molecule has 0 spiro atoms. The molecule has 0 aliphatic carbocycles. The zero-order valence-electron chi connectivity index (χ0n) is 12.8. The number of amides is 1. The van der Waals surface area contributed by atoms with Crippen molar-refractivity contribution in [1.82, 2.24) is 9.88 Å². The fourth-order valence-electron chi connectivity index (χ4n) is 2.62. The van der Waals surface area contributed by atoms with Gasteiger partial charge >= 0.3 is 6.18 Å². The first-order valence-corrected chi connectivity index (χ1v) is 7.48. The summed E-state index contributed by atoms with van der Waals surface area (Å²) >= 11 is 0. The van der Waals surface area contributed by atoms with Crippen molar-refractivity contribution < 1.29 is 22.9 Å². The summed E-state index contributed by atoms with van der Waals surface area (Å²) in [5.74, 6) is 0.549. The fraction of sp³-hybridized carbons (Fsp3) is 0.312. The first-order chi connectivity index (χ1) is 11.4. The van der Waals surface area contributed by atoms with Crippen molar-refractivity contribution in [2.24, 2.45) is 0 Å². The Labute approximate surface area is 136 Å². The third-order valence-electron chi connectivity index (χ3n) is 3.96. The third kappa shape index (κ3) is 3.47. The van der Waals surface area contributed by atoms with Crippen LogP contribution in [0.15, 0.2) is 42.9 Å². The lowest BCUT2D eigenvalue weighted by atomic mass is 10.2. The first kappa shape index (κ1) is 16.2. The molecule has 0 saturated carbocycles. The number of aromatic nitrogens is 2. The summed E-state index contributed by atoms with van der Waals surface area (Å²) in [6, 6.07) is 5.81. The van der Waals surface area contributed by atoms with E-state index in [0.29, 0.717) is 37.6 Å². The topological polar surface area (TPSA) is 50.6 Å². The molecule has 3 heterocycles. The minimum atomic E-state index is -4.36. The van der Waals surface area contributed by atoms with E-state index >= 15 is 0 Å². The van der Waals surface area contributed by atoms with Gasteiger partial charge in [-0.25, -0.2) is 4.98 Å². The summed E-state index contributed by atoms with van der Waals surface area (Å²) in [5, 5.41) is 0. The van der Waals surface area contributed by atoms with Crippen LogP contribution in [-0.2, 0) is 6.18 Å². The molecule has 1 amide bonds. The van der Waals surface area contributed by atoms with Crippen molar-refractivity contribution >= 4 is 11.7 Å². The normalized spacial score (nSPS) is 15.5. The van der Waals surface area contributed by atoms with E-state index in [4.69, 9.17) is 0 Å². The van der Waals surface area contributed by atoms with Gasteiger partial charge in [-0.3, -0.25) is 14.7 Å². The number of nitrogens with zero attached hydrogens (tertiary/aromatic N) is 3. The summed E-state index contributed by atoms with van der Waals surface area (Å²) in [5.41, 5.74) is -0.128. The summed E-state index contributed by atoms with van der Waals surface area (Å²) in [6.45, 7) is 2.13. The average molecular weight is 337 g/mol. The number of carbonyl (C=O) groups excluding carboxylic acids is 1. The van der Waals surface area contributed by atoms with Crippen molar-refractivity contribution in [1.29, 1.82) is 0 Å². The smallest absolute Gasteiger partial charge is 0.331 e. The van der Waals surface area contributed by atoms with E-state index < -0.39 is 11.7 Å².